The van der Waals surface area contributed by atoms with Crippen LogP contribution in [0.4, 0.5) is 0 Å². The highest BCUT2D eigenvalue weighted by atomic mass is 31.2. The summed E-state index contributed by atoms with van der Waals surface area (Å²) < 4.78 is 26.2. The van der Waals surface area contributed by atoms with Gasteiger partial charge in [0.2, 0.25) is 0 Å². The van der Waals surface area contributed by atoms with E-state index in [9.17, 15) is 14.2 Å². The standard InChI is InChI=1S/C35H69O8P/c1-3-5-7-9-11-13-14-15-16-17-18-19-20-22-24-26-28-30-35(37)43-33(32-42-44(38,39)40)31-41-34(36)29-27-25-23-21-12-10-8-6-4-2/h33H,3-32H2,1-2H3,(H2,38,39,40). The zero-order valence-corrected chi connectivity index (χ0v) is 29.5. The van der Waals surface area contributed by atoms with E-state index < -0.39 is 32.5 Å². The highest BCUT2D eigenvalue weighted by Gasteiger charge is 2.22. The largest absolute Gasteiger partial charge is 0.469 e. The van der Waals surface area contributed by atoms with Crippen molar-refractivity contribution in [3.8, 4) is 0 Å². The summed E-state index contributed by atoms with van der Waals surface area (Å²) in [4.78, 5) is 42.5. The molecule has 2 N–H and O–H groups in total. The number of esters is 2. The predicted octanol–water partition coefficient (Wildman–Crippen LogP) is 10.5. The van der Waals surface area contributed by atoms with Crippen molar-refractivity contribution >= 4 is 19.8 Å². The van der Waals surface area contributed by atoms with Crippen LogP contribution in [0.25, 0.3) is 0 Å². The van der Waals surface area contributed by atoms with E-state index in [1.807, 2.05) is 0 Å². The van der Waals surface area contributed by atoms with E-state index in [2.05, 4.69) is 18.4 Å². The highest BCUT2D eigenvalue weighted by molar-refractivity contribution is 7.46. The third-order valence-corrected chi connectivity index (χ3v) is 8.61. The number of unbranched alkanes of at least 4 members (excludes halogenated alkanes) is 24. The molecule has 9 heteroatoms. The molecule has 0 aromatic heterocycles. The molecule has 0 saturated heterocycles. The average molecular weight is 649 g/mol. The Morgan fingerprint density at radius 2 is 0.818 bits per heavy atom. The van der Waals surface area contributed by atoms with E-state index in [1.54, 1.807) is 0 Å². The van der Waals surface area contributed by atoms with Crippen molar-refractivity contribution in [2.24, 2.45) is 0 Å². The molecule has 0 fully saturated rings. The molecule has 0 aromatic rings. The molecule has 1 unspecified atom stereocenters. The van der Waals surface area contributed by atoms with E-state index in [4.69, 9.17) is 19.3 Å². The van der Waals surface area contributed by atoms with Gasteiger partial charge in [0.05, 0.1) is 6.61 Å². The summed E-state index contributed by atoms with van der Waals surface area (Å²) in [6.07, 6.45) is 31.2. The maximum absolute atomic E-state index is 12.3. The predicted molar refractivity (Wildman–Crippen MR) is 179 cm³/mol. The van der Waals surface area contributed by atoms with Crippen molar-refractivity contribution in [3.05, 3.63) is 0 Å². The smallest absolute Gasteiger partial charge is 0.462 e. The van der Waals surface area contributed by atoms with Crippen LogP contribution >= 0.6 is 7.82 Å². The van der Waals surface area contributed by atoms with Crippen molar-refractivity contribution < 1.29 is 37.9 Å². The highest BCUT2D eigenvalue weighted by Crippen LogP contribution is 2.36. The first-order valence-electron chi connectivity index (χ1n) is 18.3. The lowest BCUT2D eigenvalue weighted by Gasteiger charge is -2.18. The van der Waals surface area contributed by atoms with E-state index in [-0.39, 0.29) is 19.4 Å². The van der Waals surface area contributed by atoms with Crippen LogP contribution in [0.3, 0.4) is 0 Å². The number of carbonyl (C=O) groups excluding carboxylic acids is 2. The molecule has 0 spiro atoms. The number of ether oxygens (including phenoxy) is 2. The lowest BCUT2D eigenvalue weighted by molar-refractivity contribution is -0.161. The fourth-order valence-corrected chi connectivity index (χ4v) is 5.73. The van der Waals surface area contributed by atoms with Crippen molar-refractivity contribution in [2.45, 2.75) is 200 Å². The minimum Gasteiger partial charge on any atom is -0.462 e. The zero-order chi connectivity index (χ0) is 32.6. The molecular weight excluding hydrogens is 579 g/mol. The fourth-order valence-electron chi connectivity index (χ4n) is 5.37. The Labute approximate surface area is 270 Å². The molecule has 1 atom stereocenters. The third-order valence-electron chi connectivity index (χ3n) is 8.13. The van der Waals surface area contributed by atoms with E-state index in [1.165, 1.54) is 128 Å². The Morgan fingerprint density at radius 1 is 0.500 bits per heavy atom. The second-order valence-corrected chi connectivity index (χ2v) is 13.8. The van der Waals surface area contributed by atoms with Crippen LogP contribution in [0.15, 0.2) is 0 Å². The molecule has 0 heterocycles. The number of phosphoric acid groups is 1. The number of hydrogen-bond acceptors (Lipinski definition) is 6. The molecule has 0 radical (unpaired) electrons. The topological polar surface area (TPSA) is 119 Å². The summed E-state index contributed by atoms with van der Waals surface area (Å²) in [7, 11) is -4.74. The molecule has 44 heavy (non-hydrogen) atoms. The Morgan fingerprint density at radius 3 is 1.16 bits per heavy atom. The lowest BCUT2D eigenvalue weighted by atomic mass is 10.0. The second kappa shape index (κ2) is 32.0. The SMILES string of the molecule is CCCCCCCCCCCCCCCCCCCC(=O)OC(COC(=O)CCCCCCCCCCC)COP(=O)(O)O. The third kappa shape index (κ3) is 33.9. The number of phosphoric ester groups is 1. The van der Waals surface area contributed by atoms with Crippen LogP contribution in [0, 0.1) is 0 Å². The van der Waals surface area contributed by atoms with E-state index in [0.717, 1.165) is 32.1 Å². The Bertz CT molecular complexity index is 696. The molecular formula is C35H69O8P. The molecule has 0 bridgehead atoms. The summed E-state index contributed by atoms with van der Waals surface area (Å²) >= 11 is 0. The molecule has 0 saturated carbocycles. The van der Waals surface area contributed by atoms with Gasteiger partial charge in [-0.05, 0) is 12.8 Å². The van der Waals surface area contributed by atoms with Gasteiger partial charge in [0.25, 0.3) is 0 Å². The second-order valence-electron chi connectivity index (χ2n) is 12.6. The summed E-state index contributed by atoms with van der Waals surface area (Å²) in [6.45, 7) is 3.67. The fraction of sp³-hybridized carbons (Fsp3) is 0.943. The first-order chi connectivity index (χ1) is 21.3. The van der Waals surface area contributed by atoms with Crippen LogP contribution in [0.5, 0.6) is 0 Å². The van der Waals surface area contributed by atoms with Crippen LogP contribution in [0.1, 0.15) is 194 Å². The first kappa shape index (κ1) is 43.0. The van der Waals surface area contributed by atoms with Crippen LogP contribution in [0.2, 0.25) is 0 Å². The van der Waals surface area contributed by atoms with Crippen LogP contribution in [-0.4, -0.2) is 41.0 Å². The van der Waals surface area contributed by atoms with Gasteiger partial charge >= 0.3 is 19.8 Å². The van der Waals surface area contributed by atoms with Crippen molar-refractivity contribution in [1.82, 2.24) is 0 Å². The Balaban J connectivity index is 3.89. The lowest BCUT2D eigenvalue weighted by Crippen LogP contribution is -2.29. The Kier molecular flexibility index (Phi) is 31.3. The van der Waals surface area contributed by atoms with Gasteiger partial charge in [-0.25, -0.2) is 4.57 Å². The monoisotopic (exact) mass is 648 g/mol. The minimum atomic E-state index is -4.74. The quantitative estimate of drug-likeness (QED) is 0.0402. The van der Waals surface area contributed by atoms with Gasteiger partial charge in [0.1, 0.15) is 6.61 Å². The molecule has 0 aliphatic heterocycles. The summed E-state index contributed by atoms with van der Waals surface area (Å²) in [5, 5.41) is 0. The van der Waals surface area contributed by atoms with Crippen molar-refractivity contribution in [1.29, 1.82) is 0 Å². The van der Waals surface area contributed by atoms with Gasteiger partial charge in [0.15, 0.2) is 6.10 Å². The average Bonchev–Trinajstić information content (AvgIpc) is 2.98. The summed E-state index contributed by atoms with van der Waals surface area (Å²) in [5.74, 6) is -0.876. The molecule has 0 aromatic carbocycles. The number of carbonyl (C=O) groups is 2. The summed E-state index contributed by atoms with van der Waals surface area (Å²) in [6, 6.07) is 0. The van der Waals surface area contributed by atoms with Gasteiger partial charge in [-0.1, -0.05) is 168 Å². The van der Waals surface area contributed by atoms with Gasteiger partial charge in [-0.3, -0.25) is 14.1 Å². The molecule has 0 aliphatic carbocycles. The van der Waals surface area contributed by atoms with Gasteiger partial charge in [-0.15, -0.1) is 0 Å². The van der Waals surface area contributed by atoms with Gasteiger partial charge < -0.3 is 19.3 Å². The van der Waals surface area contributed by atoms with Crippen molar-refractivity contribution in [3.63, 3.8) is 0 Å². The van der Waals surface area contributed by atoms with Gasteiger partial charge in [-0.2, -0.15) is 0 Å². The van der Waals surface area contributed by atoms with Crippen molar-refractivity contribution in [2.75, 3.05) is 13.2 Å². The molecule has 8 nitrogen and oxygen atoms in total. The van der Waals surface area contributed by atoms with Gasteiger partial charge in [0, 0.05) is 12.8 Å². The zero-order valence-electron chi connectivity index (χ0n) is 28.6. The van der Waals surface area contributed by atoms with E-state index >= 15 is 0 Å². The first-order valence-corrected chi connectivity index (χ1v) is 19.9. The van der Waals surface area contributed by atoms with Crippen LogP contribution in [-0.2, 0) is 28.2 Å². The van der Waals surface area contributed by atoms with Crippen LogP contribution < -0.4 is 0 Å². The molecule has 0 rings (SSSR count). The molecule has 262 valence electrons. The maximum atomic E-state index is 12.3. The molecule has 0 aliphatic rings. The Hall–Kier alpha value is -0.950. The molecule has 0 amide bonds. The number of rotatable bonds is 34. The normalized spacial score (nSPS) is 12.4. The maximum Gasteiger partial charge on any atom is 0.469 e. The number of hydrogen-bond donors (Lipinski definition) is 2. The minimum absolute atomic E-state index is 0.220. The summed E-state index contributed by atoms with van der Waals surface area (Å²) in [5.41, 5.74) is 0. The van der Waals surface area contributed by atoms with E-state index in [0.29, 0.717) is 6.42 Å².